The summed E-state index contributed by atoms with van der Waals surface area (Å²) in [6.07, 6.45) is -0.408. The average Bonchev–Trinajstić information content (AvgIpc) is 3.89. The molecule has 1 aliphatic rings. The van der Waals surface area contributed by atoms with Crippen LogP contribution in [0.25, 0.3) is 73.4 Å². The van der Waals surface area contributed by atoms with E-state index in [4.69, 9.17) is 9.41 Å². The van der Waals surface area contributed by atoms with Crippen molar-refractivity contribution in [3.8, 4) is 11.1 Å². The molecule has 0 radical (unpaired) electrons. The number of nitrogens with one attached hydrogen (secondary N) is 2. The Morgan fingerprint density at radius 3 is 2.08 bits per heavy atom. The molecule has 0 bridgehead atoms. The molecule has 0 amide bonds. The van der Waals surface area contributed by atoms with E-state index >= 15 is 0 Å². The van der Waals surface area contributed by atoms with Crippen molar-refractivity contribution in [2.45, 2.75) is 12.3 Å². The van der Waals surface area contributed by atoms with Crippen LogP contribution < -0.4 is 10.6 Å². The van der Waals surface area contributed by atoms with Crippen LogP contribution in [0.5, 0.6) is 0 Å². The number of fused-ring (bicyclic) bond motifs is 9. The Morgan fingerprint density at radius 1 is 0.510 bits per heavy atom. The number of para-hydroxylation sites is 1. The van der Waals surface area contributed by atoms with Gasteiger partial charge in [-0.2, -0.15) is 0 Å². The fourth-order valence-electron chi connectivity index (χ4n) is 7.72. The second-order valence-corrected chi connectivity index (χ2v) is 15.3. The van der Waals surface area contributed by atoms with Crippen LogP contribution in [0.2, 0.25) is 0 Å². The molecule has 0 saturated heterocycles. The Morgan fingerprint density at radius 2 is 1.22 bits per heavy atom. The van der Waals surface area contributed by atoms with Gasteiger partial charge in [-0.25, -0.2) is 4.99 Å². The van der Waals surface area contributed by atoms with Crippen LogP contribution in [0.3, 0.4) is 0 Å². The maximum atomic E-state index is 6.70. The maximum absolute atomic E-state index is 6.70. The first-order valence-electron chi connectivity index (χ1n) is 17.2. The number of hydrogen-bond acceptors (Lipinski definition) is 6. The van der Waals surface area contributed by atoms with Gasteiger partial charge in [0.25, 0.3) is 0 Å². The Kier molecular flexibility index (Phi) is 6.46. The highest BCUT2D eigenvalue weighted by Crippen LogP contribution is 2.42. The van der Waals surface area contributed by atoms with Gasteiger partial charge in [0.05, 0.1) is 5.56 Å². The number of hydrogen-bond donors (Lipinski definition) is 2. The molecule has 11 rings (SSSR count). The first-order chi connectivity index (χ1) is 25.2. The molecule has 0 fully saturated rings. The molecule has 0 aliphatic carbocycles. The quantitative estimate of drug-likeness (QED) is 0.193. The van der Waals surface area contributed by atoms with Crippen molar-refractivity contribution in [2.75, 3.05) is 0 Å². The van der Waals surface area contributed by atoms with Crippen molar-refractivity contribution in [3.05, 3.63) is 168 Å². The highest BCUT2D eigenvalue weighted by atomic mass is 32.1. The molecule has 4 heterocycles. The van der Waals surface area contributed by atoms with Gasteiger partial charge in [-0.3, -0.25) is 5.32 Å². The molecule has 242 valence electrons. The lowest BCUT2D eigenvalue weighted by atomic mass is 10.00. The molecular weight excluding hydrogens is 663 g/mol. The third-order valence-corrected chi connectivity index (χ3v) is 12.6. The summed E-state index contributed by atoms with van der Waals surface area (Å²) in [6, 6.07) is 54.3. The number of benzene rings is 7. The van der Waals surface area contributed by atoms with Crippen molar-refractivity contribution < 1.29 is 4.42 Å². The predicted molar refractivity (Wildman–Crippen MR) is 216 cm³/mol. The van der Waals surface area contributed by atoms with Gasteiger partial charge < -0.3 is 9.73 Å². The Balaban J connectivity index is 1.05. The van der Waals surface area contributed by atoms with E-state index in [-0.39, 0.29) is 12.3 Å². The second-order valence-electron chi connectivity index (χ2n) is 13.2. The van der Waals surface area contributed by atoms with E-state index in [2.05, 4.69) is 162 Å². The predicted octanol–water partition coefficient (Wildman–Crippen LogP) is 12.3. The Hall–Kier alpha value is -5.79. The SMILES string of the molecule is c1ccc(C2NC(c3cccc4c3oc3ccc(-c5cccc6c5sc5ccccc56)cc34)=NC(c3ccc4sc5ccccc5c4c3)N2)cc1. The number of rotatable bonds is 4. The zero-order valence-corrected chi connectivity index (χ0v) is 28.9. The van der Waals surface area contributed by atoms with Crippen LogP contribution in [-0.2, 0) is 0 Å². The average molecular weight is 692 g/mol. The highest BCUT2D eigenvalue weighted by molar-refractivity contribution is 7.26. The first-order valence-corrected chi connectivity index (χ1v) is 18.8. The minimum Gasteiger partial charge on any atom is -0.455 e. The molecule has 0 saturated carbocycles. The van der Waals surface area contributed by atoms with E-state index in [9.17, 15) is 0 Å². The summed E-state index contributed by atoms with van der Waals surface area (Å²) in [5.74, 6) is 0.808. The fraction of sp³-hybridized carbons (Fsp3) is 0.0444. The van der Waals surface area contributed by atoms with E-state index in [1.54, 1.807) is 0 Å². The highest BCUT2D eigenvalue weighted by Gasteiger charge is 2.28. The van der Waals surface area contributed by atoms with Gasteiger partial charge >= 0.3 is 0 Å². The lowest BCUT2D eigenvalue weighted by Gasteiger charge is -2.32. The lowest BCUT2D eigenvalue weighted by Crippen LogP contribution is -2.45. The van der Waals surface area contributed by atoms with E-state index in [0.29, 0.717) is 0 Å². The van der Waals surface area contributed by atoms with Gasteiger partial charge in [0.15, 0.2) is 0 Å². The summed E-state index contributed by atoms with van der Waals surface area (Å²) in [7, 11) is 0. The van der Waals surface area contributed by atoms with Crippen LogP contribution in [-0.4, -0.2) is 5.84 Å². The number of nitrogens with zero attached hydrogens (tertiary/aromatic N) is 1. The smallest absolute Gasteiger partial charge is 0.146 e. The zero-order valence-electron chi connectivity index (χ0n) is 27.3. The third kappa shape index (κ3) is 4.65. The molecule has 7 aromatic carbocycles. The number of thiophene rings is 2. The van der Waals surface area contributed by atoms with E-state index < -0.39 is 0 Å². The second kappa shape index (κ2) is 11.4. The fourth-order valence-corrected chi connectivity index (χ4v) is 10.0. The van der Waals surface area contributed by atoms with Crippen LogP contribution in [0.15, 0.2) is 161 Å². The molecule has 2 atom stereocenters. The molecule has 1 aliphatic heterocycles. The van der Waals surface area contributed by atoms with E-state index in [0.717, 1.165) is 44.5 Å². The maximum Gasteiger partial charge on any atom is 0.146 e. The third-order valence-electron chi connectivity index (χ3n) is 10.2. The standard InChI is InChI=1S/C45H29N3OS2/c1-2-10-26(11-3-1)43-46-44(28-21-23-40-36(25-28)31-13-5-6-18-38(31)50-40)48-45(47-43)34-17-9-15-32-35-24-27(20-22-37(35)49-41(32)34)29-14-8-16-33-30-12-4-7-19-39(30)51-42(29)33/h1-25,43-44,46H,(H,47,48). The molecule has 3 aromatic heterocycles. The summed E-state index contributed by atoms with van der Waals surface area (Å²) in [6.45, 7) is 0. The van der Waals surface area contributed by atoms with Crippen molar-refractivity contribution in [3.63, 3.8) is 0 Å². The lowest BCUT2D eigenvalue weighted by molar-refractivity contribution is 0.409. The van der Waals surface area contributed by atoms with Crippen LogP contribution in [0, 0.1) is 0 Å². The van der Waals surface area contributed by atoms with E-state index in [1.807, 2.05) is 22.7 Å². The molecule has 4 nitrogen and oxygen atoms in total. The number of aliphatic imine (C=N–C) groups is 1. The van der Waals surface area contributed by atoms with Gasteiger partial charge in [0, 0.05) is 51.1 Å². The largest absolute Gasteiger partial charge is 0.455 e. The Bertz CT molecular complexity index is 3010. The van der Waals surface area contributed by atoms with Gasteiger partial charge in [-0.15, -0.1) is 22.7 Å². The summed E-state index contributed by atoms with van der Waals surface area (Å²) >= 11 is 3.70. The molecule has 6 heteroatoms. The molecule has 0 spiro atoms. The van der Waals surface area contributed by atoms with Crippen molar-refractivity contribution in [2.24, 2.45) is 4.99 Å². The molecular formula is C45H29N3OS2. The number of furan rings is 1. The minimum atomic E-state index is -0.262. The van der Waals surface area contributed by atoms with Gasteiger partial charge in [-0.1, -0.05) is 109 Å². The summed E-state index contributed by atoms with van der Waals surface area (Å²) in [5.41, 5.74) is 7.36. The normalized spacial score (nSPS) is 16.4. The summed E-state index contributed by atoms with van der Waals surface area (Å²) < 4.78 is 11.9. The van der Waals surface area contributed by atoms with Crippen LogP contribution in [0.1, 0.15) is 29.0 Å². The van der Waals surface area contributed by atoms with Crippen molar-refractivity contribution in [1.29, 1.82) is 0 Å². The zero-order chi connectivity index (χ0) is 33.5. The molecule has 51 heavy (non-hydrogen) atoms. The minimum absolute atomic E-state index is 0.147. The Labute approximate surface area is 301 Å². The molecule has 2 N–H and O–H groups in total. The van der Waals surface area contributed by atoms with Crippen molar-refractivity contribution >= 4 is 90.8 Å². The van der Waals surface area contributed by atoms with Gasteiger partial charge in [0.1, 0.15) is 29.3 Å². The van der Waals surface area contributed by atoms with Gasteiger partial charge in [0.2, 0.25) is 0 Å². The summed E-state index contributed by atoms with van der Waals surface area (Å²) in [4.78, 5) is 5.35. The van der Waals surface area contributed by atoms with Crippen LogP contribution >= 0.6 is 22.7 Å². The molecule has 10 aromatic rings. The number of amidine groups is 1. The van der Waals surface area contributed by atoms with Gasteiger partial charge in [-0.05, 0) is 64.7 Å². The monoisotopic (exact) mass is 691 g/mol. The summed E-state index contributed by atoms with van der Waals surface area (Å²) in [5, 5.41) is 14.9. The molecule has 2 unspecified atom stereocenters. The van der Waals surface area contributed by atoms with E-state index in [1.165, 1.54) is 51.5 Å². The topological polar surface area (TPSA) is 49.6 Å². The van der Waals surface area contributed by atoms with Crippen LogP contribution in [0.4, 0.5) is 0 Å². The first kappa shape index (κ1) is 29.0. The van der Waals surface area contributed by atoms with Crippen molar-refractivity contribution in [1.82, 2.24) is 10.6 Å².